The largest absolute Gasteiger partial charge is 0.512 e. The summed E-state index contributed by atoms with van der Waals surface area (Å²) in [6.07, 6.45) is -2.33. The molecule has 2 N–H and O–H groups in total. The molecule has 1 rings (SSSR count). The monoisotopic (exact) mass is 367 g/mol. The van der Waals surface area contributed by atoms with Crippen molar-refractivity contribution in [3.63, 3.8) is 0 Å². The van der Waals surface area contributed by atoms with Crippen molar-refractivity contribution in [2.24, 2.45) is 5.41 Å². The lowest BCUT2D eigenvalue weighted by Gasteiger charge is -2.33. The summed E-state index contributed by atoms with van der Waals surface area (Å²) in [6.45, 7) is 3.89. The lowest BCUT2D eigenvalue weighted by molar-refractivity contribution is -0.159. The fraction of sp³-hybridized carbons (Fsp3) is 0.769. The van der Waals surface area contributed by atoms with Crippen LogP contribution < -0.4 is 5.32 Å². The Kier molecular flexibility index (Phi) is 6.55. The summed E-state index contributed by atoms with van der Waals surface area (Å²) in [5.41, 5.74) is -0.993. The SMILES string of the molecule is CC(=O)NC(CCS(=O)(=O)O)CC(C)(C)[C@H]1OC(=O)OCOC1=O. The van der Waals surface area contributed by atoms with E-state index in [2.05, 4.69) is 10.1 Å². The smallest absolute Gasteiger partial charge is 0.425 e. The van der Waals surface area contributed by atoms with Crippen LogP contribution in [0.3, 0.4) is 0 Å². The molecule has 0 saturated carbocycles. The quantitative estimate of drug-likeness (QED) is 0.476. The van der Waals surface area contributed by atoms with Gasteiger partial charge in [-0.2, -0.15) is 8.42 Å². The van der Waals surface area contributed by atoms with Crippen LogP contribution in [0.15, 0.2) is 0 Å². The van der Waals surface area contributed by atoms with E-state index in [0.29, 0.717) is 0 Å². The molecule has 1 saturated heterocycles. The predicted molar refractivity (Wildman–Crippen MR) is 79.3 cm³/mol. The van der Waals surface area contributed by atoms with E-state index in [1.807, 2.05) is 0 Å². The first-order valence-corrected chi connectivity index (χ1v) is 8.74. The molecule has 1 aliphatic rings. The van der Waals surface area contributed by atoms with Crippen LogP contribution in [0.25, 0.3) is 0 Å². The molecular formula is C13H21NO9S. The van der Waals surface area contributed by atoms with Gasteiger partial charge in [-0.1, -0.05) is 13.8 Å². The first-order chi connectivity index (χ1) is 10.9. The third-order valence-corrected chi connectivity index (χ3v) is 4.17. The Balaban J connectivity index is 2.89. The molecule has 0 aliphatic carbocycles. The zero-order chi connectivity index (χ0) is 18.5. The van der Waals surface area contributed by atoms with E-state index < -0.39 is 58.3 Å². The average molecular weight is 367 g/mol. The maximum Gasteiger partial charge on any atom is 0.512 e. The summed E-state index contributed by atoms with van der Waals surface area (Å²) in [4.78, 5) is 34.6. The molecule has 1 fully saturated rings. The Morgan fingerprint density at radius 2 is 2.00 bits per heavy atom. The second-order valence-electron chi connectivity index (χ2n) is 6.14. The second-order valence-corrected chi connectivity index (χ2v) is 7.71. The van der Waals surface area contributed by atoms with Crippen LogP contribution >= 0.6 is 0 Å². The summed E-state index contributed by atoms with van der Waals surface area (Å²) in [5.74, 6) is -1.77. The molecule has 1 unspecified atom stereocenters. The van der Waals surface area contributed by atoms with Gasteiger partial charge in [-0.05, 0) is 12.8 Å². The number of esters is 1. The Morgan fingerprint density at radius 3 is 2.54 bits per heavy atom. The first kappa shape index (κ1) is 20.2. The highest BCUT2D eigenvalue weighted by molar-refractivity contribution is 7.85. The van der Waals surface area contributed by atoms with Gasteiger partial charge in [0, 0.05) is 18.4 Å². The van der Waals surface area contributed by atoms with Crippen LogP contribution in [0.2, 0.25) is 0 Å². The number of nitrogens with one attached hydrogen (secondary N) is 1. The Hall–Kier alpha value is -1.88. The van der Waals surface area contributed by atoms with Crippen LogP contribution in [-0.2, 0) is 33.9 Å². The van der Waals surface area contributed by atoms with Gasteiger partial charge in [-0.3, -0.25) is 9.35 Å². The lowest BCUT2D eigenvalue weighted by atomic mass is 9.79. The third kappa shape index (κ3) is 6.71. The van der Waals surface area contributed by atoms with Gasteiger partial charge in [0.2, 0.25) is 18.8 Å². The van der Waals surface area contributed by atoms with Crippen molar-refractivity contribution in [3.8, 4) is 0 Å². The summed E-state index contributed by atoms with van der Waals surface area (Å²) in [6, 6.07) is -0.671. The van der Waals surface area contributed by atoms with E-state index in [9.17, 15) is 22.8 Å². The normalized spacial score (nSPS) is 20.2. The van der Waals surface area contributed by atoms with E-state index in [-0.39, 0.29) is 12.8 Å². The summed E-state index contributed by atoms with van der Waals surface area (Å²) in [7, 11) is -4.21. The molecule has 0 aromatic heterocycles. The van der Waals surface area contributed by atoms with Crippen molar-refractivity contribution in [1.29, 1.82) is 0 Å². The van der Waals surface area contributed by atoms with Crippen molar-refractivity contribution in [1.82, 2.24) is 5.32 Å². The van der Waals surface area contributed by atoms with Crippen molar-refractivity contribution in [2.45, 2.75) is 45.8 Å². The summed E-state index contributed by atoms with van der Waals surface area (Å²) in [5, 5.41) is 2.55. The van der Waals surface area contributed by atoms with Crippen molar-refractivity contribution >= 4 is 28.1 Å². The fourth-order valence-electron chi connectivity index (χ4n) is 2.41. The van der Waals surface area contributed by atoms with Gasteiger partial charge in [0.15, 0.2) is 0 Å². The van der Waals surface area contributed by atoms with Crippen LogP contribution in [0.4, 0.5) is 4.79 Å². The van der Waals surface area contributed by atoms with Crippen LogP contribution in [0, 0.1) is 5.41 Å². The average Bonchev–Trinajstić information content (AvgIpc) is 2.56. The van der Waals surface area contributed by atoms with E-state index >= 15 is 0 Å². The molecule has 0 bridgehead atoms. The van der Waals surface area contributed by atoms with Crippen molar-refractivity contribution in [3.05, 3.63) is 0 Å². The van der Waals surface area contributed by atoms with Gasteiger partial charge in [0.25, 0.3) is 10.1 Å². The van der Waals surface area contributed by atoms with E-state index in [0.717, 1.165) is 0 Å². The first-order valence-electron chi connectivity index (χ1n) is 7.13. The minimum atomic E-state index is -4.21. The van der Waals surface area contributed by atoms with E-state index in [4.69, 9.17) is 14.0 Å². The van der Waals surface area contributed by atoms with Gasteiger partial charge in [-0.15, -0.1) is 0 Å². The molecule has 11 heteroatoms. The number of carbonyl (C=O) groups excluding carboxylic acids is 3. The molecule has 24 heavy (non-hydrogen) atoms. The number of hydrogen-bond acceptors (Lipinski definition) is 8. The van der Waals surface area contributed by atoms with Crippen LogP contribution in [0.5, 0.6) is 0 Å². The highest BCUT2D eigenvalue weighted by Gasteiger charge is 2.43. The minimum absolute atomic E-state index is 0.0753. The molecule has 0 spiro atoms. The number of carbonyl (C=O) groups is 3. The zero-order valence-corrected chi connectivity index (χ0v) is 14.4. The zero-order valence-electron chi connectivity index (χ0n) is 13.6. The van der Waals surface area contributed by atoms with Gasteiger partial charge >= 0.3 is 12.1 Å². The maximum atomic E-state index is 11.9. The maximum absolute atomic E-state index is 11.9. The Morgan fingerprint density at radius 1 is 1.38 bits per heavy atom. The van der Waals surface area contributed by atoms with Gasteiger partial charge in [0.05, 0.1) is 5.75 Å². The second kappa shape index (κ2) is 7.79. The number of amides is 1. The van der Waals surface area contributed by atoms with Crippen molar-refractivity contribution < 1.29 is 41.6 Å². The molecule has 138 valence electrons. The molecule has 0 aromatic carbocycles. The highest BCUT2D eigenvalue weighted by Crippen LogP contribution is 2.32. The molecule has 1 aliphatic heterocycles. The molecule has 0 aromatic rings. The fourth-order valence-corrected chi connectivity index (χ4v) is 3.00. The highest BCUT2D eigenvalue weighted by atomic mass is 32.2. The lowest BCUT2D eigenvalue weighted by Crippen LogP contribution is -2.45. The van der Waals surface area contributed by atoms with Crippen molar-refractivity contribution in [2.75, 3.05) is 12.5 Å². The van der Waals surface area contributed by atoms with Crippen LogP contribution in [-0.4, -0.2) is 55.7 Å². The summed E-state index contributed by atoms with van der Waals surface area (Å²) >= 11 is 0. The number of ether oxygens (including phenoxy) is 3. The topological polar surface area (TPSA) is 145 Å². The molecule has 1 heterocycles. The molecular weight excluding hydrogens is 346 g/mol. The van der Waals surface area contributed by atoms with Crippen LogP contribution in [0.1, 0.15) is 33.6 Å². The molecule has 2 atom stereocenters. The molecule has 10 nitrogen and oxygen atoms in total. The molecule has 1 amide bonds. The van der Waals surface area contributed by atoms with Gasteiger partial charge < -0.3 is 19.5 Å². The number of rotatable bonds is 7. The Labute approximate surface area is 139 Å². The van der Waals surface area contributed by atoms with E-state index in [1.54, 1.807) is 13.8 Å². The summed E-state index contributed by atoms with van der Waals surface area (Å²) < 4.78 is 44.8. The molecule has 0 radical (unpaired) electrons. The third-order valence-electron chi connectivity index (χ3n) is 3.42. The van der Waals surface area contributed by atoms with Gasteiger partial charge in [0.1, 0.15) is 0 Å². The number of cyclic esters (lactones) is 3. The van der Waals surface area contributed by atoms with E-state index in [1.165, 1.54) is 6.92 Å². The number of hydrogen-bond donors (Lipinski definition) is 2. The van der Waals surface area contributed by atoms with Gasteiger partial charge in [-0.25, -0.2) is 9.59 Å². The minimum Gasteiger partial charge on any atom is -0.425 e. The Bertz CT molecular complexity index is 599. The predicted octanol–water partition coefficient (Wildman–Crippen LogP) is 0.221. The standard InChI is InChI=1S/C13H21NO9S/c1-8(15)14-9(4-5-24(18,19)20)6-13(2,3)10-11(16)21-7-22-12(17)23-10/h9-10H,4-7H2,1-3H3,(H,14,15)(H,18,19,20)/t9?,10-/m0/s1.